The fraction of sp³-hybridized carbons (Fsp3) is 1.00. The molecule has 0 amide bonds. The Bertz CT molecular complexity index is 184. The zero-order valence-electron chi connectivity index (χ0n) is 11.5. The summed E-state index contributed by atoms with van der Waals surface area (Å²) < 4.78 is 0. The van der Waals surface area contributed by atoms with Gasteiger partial charge in [0.2, 0.25) is 0 Å². The van der Waals surface area contributed by atoms with Gasteiger partial charge >= 0.3 is 0 Å². The van der Waals surface area contributed by atoms with Crippen molar-refractivity contribution >= 4 is 0 Å². The first-order valence-electron chi connectivity index (χ1n) is 7.01. The van der Waals surface area contributed by atoms with Crippen molar-refractivity contribution in [2.24, 2.45) is 0 Å². The van der Waals surface area contributed by atoms with Crippen molar-refractivity contribution < 1.29 is 5.11 Å². The first kappa shape index (κ1) is 14.9. The summed E-state index contributed by atoms with van der Waals surface area (Å²) in [5, 5.41) is 12.5. The first-order valence-corrected chi connectivity index (χ1v) is 7.01. The maximum absolute atomic E-state index is 9.18. The van der Waals surface area contributed by atoms with E-state index >= 15 is 0 Å². The van der Waals surface area contributed by atoms with E-state index < -0.39 is 0 Å². The van der Waals surface area contributed by atoms with Crippen molar-refractivity contribution in [3.05, 3.63) is 0 Å². The van der Waals surface area contributed by atoms with Gasteiger partial charge in [0, 0.05) is 19.1 Å². The fourth-order valence-electron chi connectivity index (χ4n) is 2.35. The molecule has 0 radical (unpaired) electrons. The van der Waals surface area contributed by atoms with Gasteiger partial charge in [-0.15, -0.1) is 0 Å². The van der Waals surface area contributed by atoms with Gasteiger partial charge in [-0.2, -0.15) is 0 Å². The van der Waals surface area contributed by atoms with Crippen LogP contribution in [0.15, 0.2) is 0 Å². The quantitative estimate of drug-likeness (QED) is 0.614. The number of hydrogen-bond donors (Lipinski definition) is 2. The maximum Gasteiger partial charge on any atom is 0.0585 e. The molecule has 1 unspecified atom stereocenters. The molecule has 4 heteroatoms. The smallest absolute Gasteiger partial charge is 0.0585 e. The zero-order chi connectivity index (χ0) is 12.5. The predicted molar refractivity (Wildman–Crippen MR) is 72.3 cm³/mol. The van der Waals surface area contributed by atoms with E-state index in [1.807, 2.05) is 0 Å². The van der Waals surface area contributed by atoms with Crippen molar-refractivity contribution in [1.82, 2.24) is 15.1 Å². The first-order chi connectivity index (χ1) is 8.26. The van der Waals surface area contributed by atoms with Crippen LogP contribution < -0.4 is 5.32 Å². The number of aliphatic hydroxyl groups is 1. The SMILES string of the molecule is CCNC(CO)CCN(C)CCN1CCCC1. The third-order valence-corrected chi connectivity index (χ3v) is 3.57. The fourth-order valence-corrected chi connectivity index (χ4v) is 2.35. The topological polar surface area (TPSA) is 38.7 Å². The van der Waals surface area contributed by atoms with Crippen LogP contribution in [0.25, 0.3) is 0 Å². The molecule has 1 rings (SSSR count). The Morgan fingerprint density at radius 1 is 1.29 bits per heavy atom. The average Bonchev–Trinajstić information content (AvgIpc) is 2.85. The third-order valence-electron chi connectivity index (χ3n) is 3.57. The molecule has 0 aromatic carbocycles. The van der Waals surface area contributed by atoms with Crippen LogP contribution in [-0.2, 0) is 0 Å². The van der Waals surface area contributed by atoms with Gasteiger partial charge in [0.25, 0.3) is 0 Å². The molecule has 4 nitrogen and oxygen atoms in total. The second kappa shape index (κ2) is 8.86. The Hall–Kier alpha value is -0.160. The summed E-state index contributed by atoms with van der Waals surface area (Å²) in [4.78, 5) is 4.92. The second-order valence-corrected chi connectivity index (χ2v) is 5.08. The summed E-state index contributed by atoms with van der Waals surface area (Å²) in [6, 6.07) is 0.259. The van der Waals surface area contributed by atoms with E-state index in [-0.39, 0.29) is 12.6 Å². The number of nitrogens with one attached hydrogen (secondary N) is 1. The van der Waals surface area contributed by atoms with Gasteiger partial charge in [-0.1, -0.05) is 6.92 Å². The molecule has 2 N–H and O–H groups in total. The van der Waals surface area contributed by atoms with Crippen molar-refractivity contribution in [1.29, 1.82) is 0 Å². The van der Waals surface area contributed by atoms with Crippen molar-refractivity contribution in [2.75, 3.05) is 52.9 Å². The number of nitrogens with zero attached hydrogens (tertiary/aromatic N) is 2. The molecule has 1 heterocycles. The summed E-state index contributed by atoms with van der Waals surface area (Å²) >= 11 is 0. The van der Waals surface area contributed by atoms with E-state index in [1.54, 1.807) is 0 Å². The average molecular weight is 243 g/mol. The Balaban J connectivity index is 2.04. The standard InChI is InChI=1S/C13H29N3O/c1-3-14-13(12-17)6-9-15(2)10-11-16-7-4-5-8-16/h13-14,17H,3-12H2,1-2H3. The Morgan fingerprint density at radius 3 is 2.59 bits per heavy atom. The van der Waals surface area contributed by atoms with Gasteiger partial charge in [0.15, 0.2) is 0 Å². The molecule has 1 aliphatic rings. The molecule has 1 saturated heterocycles. The lowest BCUT2D eigenvalue weighted by atomic mass is 10.2. The maximum atomic E-state index is 9.18. The van der Waals surface area contributed by atoms with Crippen LogP contribution in [0.5, 0.6) is 0 Å². The van der Waals surface area contributed by atoms with E-state index in [2.05, 4.69) is 29.1 Å². The third kappa shape index (κ3) is 6.36. The molecule has 0 aromatic heterocycles. The van der Waals surface area contributed by atoms with Crippen LogP contribution in [0.4, 0.5) is 0 Å². The van der Waals surface area contributed by atoms with Gasteiger partial charge in [0.1, 0.15) is 0 Å². The number of likely N-dealkylation sites (tertiary alicyclic amines) is 1. The number of aliphatic hydroxyl groups excluding tert-OH is 1. The van der Waals surface area contributed by atoms with E-state index in [4.69, 9.17) is 0 Å². The van der Waals surface area contributed by atoms with Crippen molar-refractivity contribution in [3.63, 3.8) is 0 Å². The monoisotopic (exact) mass is 243 g/mol. The lowest BCUT2D eigenvalue weighted by Crippen LogP contribution is -2.37. The number of rotatable bonds is 9. The molecule has 1 aliphatic heterocycles. The molecule has 102 valence electrons. The highest BCUT2D eigenvalue weighted by Crippen LogP contribution is 2.06. The molecule has 0 aliphatic carbocycles. The highest BCUT2D eigenvalue weighted by Gasteiger charge is 2.12. The van der Waals surface area contributed by atoms with Crippen LogP contribution >= 0.6 is 0 Å². The molecule has 0 saturated carbocycles. The van der Waals surface area contributed by atoms with E-state index in [0.29, 0.717) is 0 Å². The van der Waals surface area contributed by atoms with Gasteiger partial charge < -0.3 is 20.2 Å². The Morgan fingerprint density at radius 2 is 2.00 bits per heavy atom. The minimum atomic E-state index is 0.244. The summed E-state index contributed by atoms with van der Waals surface area (Å²) in [6.45, 7) is 9.23. The molecule has 1 fully saturated rings. The normalized spacial score (nSPS) is 19.1. The van der Waals surface area contributed by atoms with Crippen LogP contribution in [0.1, 0.15) is 26.2 Å². The molecule has 1 atom stereocenters. The summed E-state index contributed by atoms with van der Waals surface area (Å²) in [5.74, 6) is 0. The van der Waals surface area contributed by atoms with Crippen molar-refractivity contribution in [3.8, 4) is 0 Å². The van der Waals surface area contributed by atoms with Crippen LogP contribution in [0.2, 0.25) is 0 Å². The molecular formula is C13H29N3O. The Labute approximate surface area is 106 Å². The number of hydrogen-bond acceptors (Lipinski definition) is 4. The lowest BCUT2D eigenvalue weighted by Gasteiger charge is -2.23. The molecule has 17 heavy (non-hydrogen) atoms. The largest absolute Gasteiger partial charge is 0.395 e. The van der Waals surface area contributed by atoms with Crippen LogP contribution in [0, 0.1) is 0 Å². The van der Waals surface area contributed by atoms with E-state index in [9.17, 15) is 5.11 Å². The minimum absolute atomic E-state index is 0.244. The molecule has 0 aromatic rings. The molecular weight excluding hydrogens is 214 g/mol. The van der Waals surface area contributed by atoms with Gasteiger partial charge in [0.05, 0.1) is 6.61 Å². The summed E-state index contributed by atoms with van der Waals surface area (Å²) in [7, 11) is 2.18. The lowest BCUT2D eigenvalue weighted by molar-refractivity contribution is 0.209. The minimum Gasteiger partial charge on any atom is -0.395 e. The zero-order valence-corrected chi connectivity index (χ0v) is 11.5. The molecule has 0 bridgehead atoms. The van der Waals surface area contributed by atoms with E-state index in [1.165, 1.54) is 32.5 Å². The predicted octanol–water partition coefficient (Wildman–Crippen LogP) is 0.375. The van der Waals surface area contributed by atoms with Crippen LogP contribution in [-0.4, -0.2) is 73.9 Å². The number of likely N-dealkylation sites (N-methyl/N-ethyl adjacent to an activating group) is 2. The van der Waals surface area contributed by atoms with Gasteiger partial charge in [-0.25, -0.2) is 0 Å². The summed E-state index contributed by atoms with van der Waals surface area (Å²) in [6.07, 6.45) is 3.77. The second-order valence-electron chi connectivity index (χ2n) is 5.08. The highest BCUT2D eigenvalue weighted by molar-refractivity contribution is 4.69. The van der Waals surface area contributed by atoms with Crippen molar-refractivity contribution in [2.45, 2.75) is 32.2 Å². The van der Waals surface area contributed by atoms with Gasteiger partial charge in [-0.05, 0) is 52.5 Å². The highest BCUT2D eigenvalue weighted by atomic mass is 16.3. The van der Waals surface area contributed by atoms with Crippen LogP contribution in [0.3, 0.4) is 0 Å². The van der Waals surface area contributed by atoms with E-state index in [0.717, 1.165) is 26.1 Å². The Kier molecular flexibility index (Phi) is 7.77. The summed E-state index contributed by atoms with van der Waals surface area (Å²) in [5.41, 5.74) is 0. The van der Waals surface area contributed by atoms with Gasteiger partial charge in [-0.3, -0.25) is 0 Å². The molecule has 0 spiro atoms.